The van der Waals surface area contributed by atoms with Crippen LogP contribution in [0.15, 0.2) is 10.9 Å². The van der Waals surface area contributed by atoms with Crippen LogP contribution < -0.4 is 10.5 Å². The molecule has 5 nitrogen and oxygen atoms in total. The Kier molecular flexibility index (Phi) is 4.76. The first-order valence-electron chi connectivity index (χ1n) is 9.05. The van der Waals surface area contributed by atoms with Crippen molar-refractivity contribution < 1.29 is 0 Å². The zero-order chi connectivity index (χ0) is 16.4. The fraction of sp³-hybridized carbons (Fsp3) is 0.778. The van der Waals surface area contributed by atoms with E-state index in [9.17, 15) is 4.79 Å². The Balaban J connectivity index is 1.73. The van der Waals surface area contributed by atoms with Gasteiger partial charge in [0.05, 0.1) is 5.69 Å². The third-order valence-corrected chi connectivity index (χ3v) is 5.27. The van der Waals surface area contributed by atoms with Crippen LogP contribution in [0.2, 0.25) is 0 Å². The molecule has 0 amide bonds. The SMILES string of the molecule is CC(C)(C)N1CCC(c2cc(=O)[nH]c(N3CCCCC3)n2)CC1. The van der Waals surface area contributed by atoms with E-state index in [0.29, 0.717) is 5.92 Å². The Hall–Kier alpha value is -1.36. The zero-order valence-corrected chi connectivity index (χ0v) is 14.8. The lowest BCUT2D eigenvalue weighted by Gasteiger charge is -2.40. The second-order valence-electron chi connectivity index (χ2n) is 7.97. The van der Waals surface area contributed by atoms with Gasteiger partial charge in [0, 0.05) is 30.6 Å². The highest BCUT2D eigenvalue weighted by molar-refractivity contribution is 5.31. The van der Waals surface area contributed by atoms with Crippen LogP contribution in [0.25, 0.3) is 0 Å². The molecule has 1 aromatic rings. The van der Waals surface area contributed by atoms with E-state index in [4.69, 9.17) is 4.98 Å². The van der Waals surface area contributed by atoms with E-state index < -0.39 is 0 Å². The van der Waals surface area contributed by atoms with Crippen LogP contribution in [0.5, 0.6) is 0 Å². The average Bonchev–Trinajstić information content (AvgIpc) is 2.54. The maximum Gasteiger partial charge on any atom is 0.252 e. The van der Waals surface area contributed by atoms with Gasteiger partial charge in [-0.1, -0.05) is 0 Å². The number of aromatic amines is 1. The van der Waals surface area contributed by atoms with Crippen molar-refractivity contribution in [2.45, 2.75) is 64.3 Å². The maximum absolute atomic E-state index is 12.1. The molecule has 1 N–H and O–H groups in total. The molecule has 5 heteroatoms. The van der Waals surface area contributed by atoms with Crippen molar-refractivity contribution in [3.8, 4) is 0 Å². The van der Waals surface area contributed by atoms with E-state index >= 15 is 0 Å². The molecule has 0 aromatic carbocycles. The molecule has 2 fully saturated rings. The van der Waals surface area contributed by atoms with Gasteiger partial charge in [-0.05, 0) is 66.0 Å². The quantitative estimate of drug-likeness (QED) is 0.911. The summed E-state index contributed by atoms with van der Waals surface area (Å²) in [7, 11) is 0. The van der Waals surface area contributed by atoms with Crippen LogP contribution in [-0.2, 0) is 0 Å². The van der Waals surface area contributed by atoms with Crippen molar-refractivity contribution in [3.05, 3.63) is 22.1 Å². The highest BCUT2D eigenvalue weighted by Gasteiger charge is 2.28. The molecule has 0 unspecified atom stereocenters. The fourth-order valence-corrected chi connectivity index (χ4v) is 3.77. The Bertz CT molecular complexity index is 575. The standard InChI is InChI=1S/C18H30N4O/c1-18(2,3)22-11-7-14(8-12-22)15-13-16(23)20-17(19-15)21-9-5-4-6-10-21/h13-14H,4-12H2,1-3H3,(H,19,20,23). The number of rotatable bonds is 2. The first-order chi connectivity index (χ1) is 10.9. The lowest BCUT2D eigenvalue weighted by Crippen LogP contribution is -2.45. The normalized spacial score (nSPS) is 21.6. The van der Waals surface area contributed by atoms with Gasteiger partial charge in [0.1, 0.15) is 0 Å². The molecule has 0 atom stereocenters. The highest BCUT2D eigenvalue weighted by atomic mass is 16.1. The molecule has 128 valence electrons. The summed E-state index contributed by atoms with van der Waals surface area (Å²) in [5.74, 6) is 1.20. The van der Waals surface area contributed by atoms with Gasteiger partial charge in [0.15, 0.2) is 0 Å². The smallest absolute Gasteiger partial charge is 0.252 e. The van der Waals surface area contributed by atoms with Crippen LogP contribution in [0.3, 0.4) is 0 Å². The lowest BCUT2D eigenvalue weighted by molar-refractivity contribution is 0.101. The highest BCUT2D eigenvalue weighted by Crippen LogP contribution is 2.30. The van der Waals surface area contributed by atoms with Crippen LogP contribution in [0.1, 0.15) is 64.5 Å². The Labute approximate surface area is 139 Å². The number of hydrogen-bond acceptors (Lipinski definition) is 4. The molecule has 2 saturated heterocycles. The van der Waals surface area contributed by atoms with Crippen LogP contribution in [0.4, 0.5) is 5.95 Å². The van der Waals surface area contributed by atoms with E-state index in [1.165, 1.54) is 19.3 Å². The van der Waals surface area contributed by atoms with Gasteiger partial charge in [0.25, 0.3) is 5.56 Å². The third kappa shape index (κ3) is 3.94. The molecular weight excluding hydrogens is 288 g/mol. The molecule has 0 saturated carbocycles. The largest absolute Gasteiger partial charge is 0.342 e. The van der Waals surface area contributed by atoms with E-state index in [0.717, 1.165) is 50.7 Å². The molecule has 2 aliphatic heterocycles. The summed E-state index contributed by atoms with van der Waals surface area (Å²) < 4.78 is 0. The topological polar surface area (TPSA) is 52.2 Å². The van der Waals surface area contributed by atoms with Crippen molar-refractivity contribution in [3.63, 3.8) is 0 Å². The van der Waals surface area contributed by atoms with Gasteiger partial charge in [-0.2, -0.15) is 0 Å². The first-order valence-corrected chi connectivity index (χ1v) is 9.05. The van der Waals surface area contributed by atoms with Gasteiger partial charge >= 0.3 is 0 Å². The number of likely N-dealkylation sites (tertiary alicyclic amines) is 1. The predicted octanol–water partition coefficient (Wildman–Crippen LogP) is 2.74. The van der Waals surface area contributed by atoms with E-state index in [1.54, 1.807) is 6.07 Å². The molecule has 1 aromatic heterocycles. The van der Waals surface area contributed by atoms with E-state index in [-0.39, 0.29) is 11.1 Å². The van der Waals surface area contributed by atoms with Gasteiger partial charge in [-0.3, -0.25) is 14.7 Å². The molecule has 0 spiro atoms. The first kappa shape index (κ1) is 16.5. The zero-order valence-electron chi connectivity index (χ0n) is 14.8. The summed E-state index contributed by atoms with van der Waals surface area (Å²) in [5.41, 5.74) is 1.21. The summed E-state index contributed by atoms with van der Waals surface area (Å²) in [6.45, 7) is 11.0. The summed E-state index contributed by atoms with van der Waals surface area (Å²) in [5, 5.41) is 0. The molecule has 3 rings (SSSR count). The average molecular weight is 318 g/mol. The monoisotopic (exact) mass is 318 g/mol. The van der Waals surface area contributed by atoms with Gasteiger partial charge in [0.2, 0.25) is 5.95 Å². The molecule has 3 heterocycles. The van der Waals surface area contributed by atoms with E-state index in [2.05, 4.69) is 35.6 Å². The van der Waals surface area contributed by atoms with Gasteiger partial charge in [-0.25, -0.2) is 4.98 Å². The van der Waals surface area contributed by atoms with Crippen LogP contribution in [-0.4, -0.2) is 46.6 Å². The summed E-state index contributed by atoms with van der Waals surface area (Å²) in [6, 6.07) is 1.71. The summed E-state index contributed by atoms with van der Waals surface area (Å²) >= 11 is 0. The number of nitrogens with zero attached hydrogens (tertiary/aromatic N) is 3. The minimum Gasteiger partial charge on any atom is -0.342 e. The molecule has 23 heavy (non-hydrogen) atoms. The molecule has 0 bridgehead atoms. The van der Waals surface area contributed by atoms with Crippen LogP contribution in [0, 0.1) is 0 Å². The third-order valence-electron chi connectivity index (χ3n) is 5.27. The summed E-state index contributed by atoms with van der Waals surface area (Å²) in [6.07, 6.45) is 5.85. The maximum atomic E-state index is 12.1. The van der Waals surface area contributed by atoms with E-state index in [1.807, 2.05) is 0 Å². The minimum atomic E-state index is -0.00572. The molecule has 0 radical (unpaired) electrons. The number of piperidine rings is 2. The molecule has 2 aliphatic rings. The Morgan fingerprint density at radius 3 is 2.35 bits per heavy atom. The number of nitrogens with one attached hydrogen (secondary N) is 1. The second kappa shape index (κ2) is 6.63. The lowest BCUT2D eigenvalue weighted by atomic mass is 9.90. The predicted molar refractivity (Wildman–Crippen MR) is 94.2 cm³/mol. The molecule has 0 aliphatic carbocycles. The second-order valence-corrected chi connectivity index (χ2v) is 7.97. The number of aromatic nitrogens is 2. The molecular formula is C18H30N4O. The van der Waals surface area contributed by atoms with Crippen molar-refractivity contribution in [2.75, 3.05) is 31.1 Å². The van der Waals surface area contributed by atoms with Crippen molar-refractivity contribution in [1.82, 2.24) is 14.9 Å². The number of H-pyrrole nitrogens is 1. The Morgan fingerprint density at radius 1 is 1.09 bits per heavy atom. The fourth-order valence-electron chi connectivity index (χ4n) is 3.77. The van der Waals surface area contributed by atoms with Crippen molar-refractivity contribution in [2.24, 2.45) is 0 Å². The number of anilines is 1. The summed E-state index contributed by atoms with van der Waals surface area (Å²) in [4.78, 5) is 24.6. The Morgan fingerprint density at radius 2 is 1.74 bits per heavy atom. The van der Waals surface area contributed by atoms with Crippen molar-refractivity contribution in [1.29, 1.82) is 0 Å². The van der Waals surface area contributed by atoms with Gasteiger partial charge < -0.3 is 4.90 Å². The van der Waals surface area contributed by atoms with Gasteiger partial charge in [-0.15, -0.1) is 0 Å². The van der Waals surface area contributed by atoms with Crippen LogP contribution >= 0.6 is 0 Å². The number of hydrogen-bond donors (Lipinski definition) is 1. The minimum absolute atomic E-state index is 0.00572. The van der Waals surface area contributed by atoms with Crippen molar-refractivity contribution >= 4 is 5.95 Å².